The second-order valence-electron chi connectivity index (χ2n) is 3.28. The molecule has 0 unspecified atom stereocenters. The van der Waals surface area contributed by atoms with Gasteiger partial charge in [0.25, 0.3) is 0 Å². The highest BCUT2D eigenvalue weighted by molar-refractivity contribution is 7.99. The third-order valence-corrected chi connectivity index (χ3v) is 3.24. The van der Waals surface area contributed by atoms with Crippen LogP contribution in [0.3, 0.4) is 0 Å². The molecule has 0 bridgehead atoms. The summed E-state index contributed by atoms with van der Waals surface area (Å²) >= 11 is 1.85. The molecule has 1 heterocycles. The Morgan fingerprint density at radius 1 is 1.43 bits per heavy atom. The monoisotopic (exact) mass is 210 g/mol. The van der Waals surface area contributed by atoms with E-state index in [0.29, 0.717) is 0 Å². The average molecular weight is 210 g/mol. The van der Waals surface area contributed by atoms with E-state index >= 15 is 0 Å². The van der Waals surface area contributed by atoms with Crippen molar-refractivity contribution in [2.45, 2.75) is 37.6 Å². The Morgan fingerprint density at radius 2 is 2.21 bits per heavy atom. The van der Waals surface area contributed by atoms with Crippen molar-refractivity contribution in [1.29, 1.82) is 0 Å². The van der Waals surface area contributed by atoms with Crippen LogP contribution in [0.2, 0.25) is 0 Å². The molecule has 3 heteroatoms. The molecule has 0 saturated heterocycles. The van der Waals surface area contributed by atoms with E-state index in [1.165, 1.54) is 11.3 Å². The SMILES string of the molecule is CCCSc1ccc([C@H](N)CC)nc1. The molecule has 2 nitrogen and oxygen atoms in total. The van der Waals surface area contributed by atoms with Crippen LogP contribution >= 0.6 is 11.8 Å². The van der Waals surface area contributed by atoms with E-state index in [2.05, 4.69) is 24.9 Å². The lowest BCUT2D eigenvalue weighted by atomic mass is 10.1. The normalized spacial score (nSPS) is 12.8. The van der Waals surface area contributed by atoms with Gasteiger partial charge in [-0.25, -0.2) is 0 Å². The van der Waals surface area contributed by atoms with Crippen molar-refractivity contribution < 1.29 is 0 Å². The Morgan fingerprint density at radius 3 is 2.71 bits per heavy atom. The highest BCUT2D eigenvalue weighted by Crippen LogP contribution is 2.19. The fourth-order valence-electron chi connectivity index (χ4n) is 1.13. The van der Waals surface area contributed by atoms with Crippen molar-refractivity contribution in [3.63, 3.8) is 0 Å². The van der Waals surface area contributed by atoms with Gasteiger partial charge in [0.05, 0.1) is 5.69 Å². The van der Waals surface area contributed by atoms with E-state index in [1.807, 2.05) is 24.0 Å². The van der Waals surface area contributed by atoms with E-state index in [-0.39, 0.29) is 6.04 Å². The molecular weight excluding hydrogens is 192 g/mol. The molecule has 14 heavy (non-hydrogen) atoms. The van der Waals surface area contributed by atoms with Crippen molar-refractivity contribution >= 4 is 11.8 Å². The van der Waals surface area contributed by atoms with Crippen LogP contribution in [0.1, 0.15) is 38.4 Å². The van der Waals surface area contributed by atoms with Gasteiger partial charge in [0.15, 0.2) is 0 Å². The number of rotatable bonds is 5. The van der Waals surface area contributed by atoms with Gasteiger partial charge in [0.2, 0.25) is 0 Å². The molecule has 0 aromatic carbocycles. The lowest BCUT2D eigenvalue weighted by molar-refractivity contribution is 0.674. The Kier molecular flexibility index (Phi) is 4.98. The first-order valence-electron chi connectivity index (χ1n) is 5.12. The first-order chi connectivity index (χ1) is 6.77. The van der Waals surface area contributed by atoms with Crippen LogP contribution in [0.5, 0.6) is 0 Å². The van der Waals surface area contributed by atoms with E-state index in [1.54, 1.807) is 0 Å². The molecule has 0 spiro atoms. The summed E-state index contributed by atoms with van der Waals surface area (Å²) in [5.74, 6) is 1.15. The van der Waals surface area contributed by atoms with E-state index in [0.717, 1.165) is 17.9 Å². The molecule has 0 amide bonds. The summed E-state index contributed by atoms with van der Waals surface area (Å²) < 4.78 is 0. The van der Waals surface area contributed by atoms with E-state index in [4.69, 9.17) is 5.73 Å². The number of thioether (sulfide) groups is 1. The zero-order valence-electron chi connectivity index (χ0n) is 8.86. The lowest BCUT2D eigenvalue weighted by Gasteiger charge is -2.08. The minimum Gasteiger partial charge on any atom is -0.323 e. The third kappa shape index (κ3) is 3.31. The number of pyridine rings is 1. The Labute approximate surface area is 90.3 Å². The third-order valence-electron chi connectivity index (χ3n) is 2.05. The number of nitrogens with two attached hydrogens (primary N) is 1. The quantitative estimate of drug-likeness (QED) is 0.759. The van der Waals surface area contributed by atoms with Crippen LogP contribution < -0.4 is 5.73 Å². The molecule has 2 N–H and O–H groups in total. The molecule has 78 valence electrons. The lowest BCUT2D eigenvalue weighted by Crippen LogP contribution is -2.10. The van der Waals surface area contributed by atoms with Crippen LogP contribution in [0, 0.1) is 0 Å². The number of aromatic nitrogens is 1. The fourth-order valence-corrected chi connectivity index (χ4v) is 1.86. The standard InChI is InChI=1S/C11H18N2S/c1-3-7-14-9-5-6-11(13-8-9)10(12)4-2/h5-6,8,10H,3-4,7,12H2,1-2H3/t10-/m1/s1. The van der Waals surface area contributed by atoms with Gasteiger partial charge in [0, 0.05) is 17.1 Å². The molecule has 0 radical (unpaired) electrons. The topological polar surface area (TPSA) is 38.9 Å². The van der Waals surface area contributed by atoms with Crippen LogP contribution in [0.4, 0.5) is 0 Å². The molecule has 0 aliphatic carbocycles. The molecule has 0 saturated carbocycles. The van der Waals surface area contributed by atoms with Gasteiger partial charge in [-0.2, -0.15) is 0 Å². The van der Waals surface area contributed by atoms with Gasteiger partial charge in [-0.1, -0.05) is 13.8 Å². The number of hydrogen-bond acceptors (Lipinski definition) is 3. The second-order valence-corrected chi connectivity index (χ2v) is 4.45. The fraction of sp³-hybridized carbons (Fsp3) is 0.545. The molecule has 1 atom stereocenters. The van der Waals surface area contributed by atoms with Crippen molar-refractivity contribution in [1.82, 2.24) is 4.98 Å². The van der Waals surface area contributed by atoms with Crippen molar-refractivity contribution in [3.05, 3.63) is 24.0 Å². The molecule has 0 aliphatic rings. The Hall–Kier alpha value is -0.540. The number of nitrogens with zero attached hydrogens (tertiary/aromatic N) is 1. The first kappa shape index (κ1) is 11.5. The highest BCUT2D eigenvalue weighted by Gasteiger charge is 2.03. The largest absolute Gasteiger partial charge is 0.323 e. The van der Waals surface area contributed by atoms with Gasteiger partial charge in [-0.15, -0.1) is 11.8 Å². The number of hydrogen-bond donors (Lipinski definition) is 1. The minimum atomic E-state index is 0.0835. The second kappa shape index (κ2) is 6.04. The summed E-state index contributed by atoms with van der Waals surface area (Å²) in [4.78, 5) is 5.59. The zero-order chi connectivity index (χ0) is 10.4. The van der Waals surface area contributed by atoms with Gasteiger partial charge in [-0.3, -0.25) is 4.98 Å². The summed E-state index contributed by atoms with van der Waals surface area (Å²) in [6, 6.07) is 4.23. The summed E-state index contributed by atoms with van der Waals surface area (Å²) in [6.45, 7) is 4.26. The maximum absolute atomic E-state index is 5.88. The average Bonchev–Trinajstić information content (AvgIpc) is 2.26. The highest BCUT2D eigenvalue weighted by atomic mass is 32.2. The predicted octanol–water partition coefficient (Wildman–Crippen LogP) is 2.99. The van der Waals surface area contributed by atoms with Crippen LogP contribution in [0.15, 0.2) is 23.2 Å². The predicted molar refractivity (Wildman–Crippen MR) is 62.5 cm³/mol. The smallest absolute Gasteiger partial charge is 0.0571 e. The van der Waals surface area contributed by atoms with E-state index in [9.17, 15) is 0 Å². The van der Waals surface area contributed by atoms with Gasteiger partial charge >= 0.3 is 0 Å². The van der Waals surface area contributed by atoms with Crippen LogP contribution in [-0.2, 0) is 0 Å². The summed E-state index contributed by atoms with van der Waals surface area (Å²) in [6.07, 6.45) is 4.06. The van der Waals surface area contributed by atoms with Gasteiger partial charge in [-0.05, 0) is 30.7 Å². The Balaban J connectivity index is 2.59. The Bertz CT molecular complexity index is 258. The van der Waals surface area contributed by atoms with Crippen molar-refractivity contribution in [2.24, 2.45) is 5.73 Å². The molecular formula is C11H18N2S. The molecule has 1 rings (SSSR count). The van der Waals surface area contributed by atoms with Gasteiger partial charge < -0.3 is 5.73 Å². The summed E-state index contributed by atoms with van der Waals surface area (Å²) in [5.41, 5.74) is 6.87. The maximum Gasteiger partial charge on any atom is 0.0571 e. The first-order valence-corrected chi connectivity index (χ1v) is 6.10. The van der Waals surface area contributed by atoms with Crippen molar-refractivity contribution in [2.75, 3.05) is 5.75 Å². The van der Waals surface area contributed by atoms with Crippen LogP contribution in [0.25, 0.3) is 0 Å². The zero-order valence-corrected chi connectivity index (χ0v) is 9.68. The molecule has 1 aromatic rings. The van der Waals surface area contributed by atoms with Gasteiger partial charge in [0.1, 0.15) is 0 Å². The molecule has 0 aliphatic heterocycles. The summed E-state index contributed by atoms with van der Waals surface area (Å²) in [7, 11) is 0. The van der Waals surface area contributed by atoms with E-state index < -0.39 is 0 Å². The maximum atomic E-state index is 5.88. The van der Waals surface area contributed by atoms with Crippen LogP contribution in [-0.4, -0.2) is 10.7 Å². The van der Waals surface area contributed by atoms with Crippen molar-refractivity contribution in [3.8, 4) is 0 Å². The minimum absolute atomic E-state index is 0.0835. The molecule has 1 aromatic heterocycles. The molecule has 0 fully saturated rings. The summed E-state index contributed by atoms with van der Waals surface area (Å²) in [5, 5.41) is 0.